The Labute approximate surface area is 163 Å². The molecular formula is C21H23N3O4. The highest BCUT2D eigenvalue weighted by Gasteiger charge is 2.36. The highest BCUT2D eigenvalue weighted by Crippen LogP contribution is 2.33. The second-order valence-electron chi connectivity index (χ2n) is 6.80. The molecule has 0 saturated carbocycles. The zero-order valence-corrected chi connectivity index (χ0v) is 16.1. The van der Waals surface area contributed by atoms with Gasteiger partial charge in [0.05, 0.1) is 30.1 Å². The lowest BCUT2D eigenvalue weighted by Gasteiger charge is -2.19. The number of aryl methyl sites for hydroxylation is 1. The molecule has 7 heteroatoms. The number of nitrogens with zero attached hydrogens (tertiary/aromatic N) is 1. The van der Waals surface area contributed by atoms with E-state index in [1.165, 1.54) is 6.92 Å². The molecule has 0 bridgehead atoms. The highest BCUT2D eigenvalue weighted by molar-refractivity contribution is 6.05. The number of methoxy groups -OCH3 is 1. The molecule has 0 aromatic heterocycles. The zero-order chi connectivity index (χ0) is 20.3. The minimum absolute atomic E-state index is 0.116. The molecule has 7 nitrogen and oxygen atoms in total. The first-order chi connectivity index (χ1) is 13.4. The number of hydrogen-bond acceptors (Lipinski definition) is 4. The lowest BCUT2D eigenvalue weighted by atomic mass is 10.1. The van der Waals surface area contributed by atoms with Gasteiger partial charge in [-0.05, 0) is 36.8 Å². The highest BCUT2D eigenvalue weighted by atomic mass is 16.5. The third-order valence-electron chi connectivity index (χ3n) is 4.62. The fourth-order valence-corrected chi connectivity index (χ4v) is 3.26. The summed E-state index contributed by atoms with van der Waals surface area (Å²) in [6.45, 7) is 3.58. The SMILES string of the molecule is COc1ccccc1N1CC(C(=O)Nc2cc(C)ccc2NC(C)=O)CC1=O. The van der Waals surface area contributed by atoms with E-state index in [1.54, 1.807) is 36.3 Å². The molecule has 1 aliphatic rings. The average molecular weight is 381 g/mol. The molecule has 2 aromatic rings. The van der Waals surface area contributed by atoms with E-state index in [9.17, 15) is 14.4 Å². The van der Waals surface area contributed by atoms with Gasteiger partial charge in [-0.1, -0.05) is 18.2 Å². The maximum absolute atomic E-state index is 12.8. The number of rotatable bonds is 5. The van der Waals surface area contributed by atoms with Crippen LogP contribution in [0.4, 0.5) is 17.1 Å². The molecule has 1 aliphatic heterocycles. The number of carbonyl (C=O) groups excluding carboxylic acids is 3. The van der Waals surface area contributed by atoms with Gasteiger partial charge in [-0.25, -0.2) is 0 Å². The quantitative estimate of drug-likeness (QED) is 0.834. The molecule has 2 N–H and O–H groups in total. The average Bonchev–Trinajstić information content (AvgIpc) is 3.05. The van der Waals surface area contributed by atoms with Gasteiger partial charge in [0.25, 0.3) is 0 Å². The maximum Gasteiger partial charge on any atom is 0.229 e. The summed E-state index contributed by atoms with van der Waals surface area (Å²) in [5, 5.41) is 5.56. The van der Waals surface area contributed by atoms with Gasteiger partial charge < -0.3 is 20.3 Å². The maximum atomic E-state index is 12.8. The summed E-state index contributed by atoms with van der Waals surface area (Å²) in [5.41, 5.74) is 2.64. The minimum atomic E-state index is -0.497. The van der Waals surface area contributed by atoms with Gasteiger partial charge >= 0.3 is 0 Å². The molecule has 1 fully saturated rings. The summed E-state index contributed by atoms with van der Waals surface area (Å²) in [5.74, 6) is -0.525. The molecule has 28 heavy (non-hydrogen) atoms. The van der Waals surface area contributed by atoms with Crippen molar-refractivity contribution in [2.45, 2.75) is 20.3 Å². The van der Waals surface area contributed by atoms with Crippen molar-refractivity contribution in [3.63, 3.8) is 0 Å². The zero-order valence-electron chi connectivity index (χ0n) is 16.1. The van der Waals surface area contributed by atoms with Crippen LogP contribution >= 0.6 is 0 Å². The van der Waals surface area contributed by atoms with Crippen molar-refractivity contribution in [3.8, 4) is 5.75 Å². The summed E-state index contributed by atoms with van der Waals surface area (Å²) < 4.78 is 5.33. The third-order valence-corrected chi connectivity index (χ3v) is 4.62. The molecule has 2 aromatic carbocycles. The lowest BCUT2D eigenvalue weighted by Crippen LogP contribution is -2.28. The van der Waals surface area contributed by atoms with Gasteiger partial charge in [0, 0.05) is 19.9 Å². The molecule has 1 unspecified atom stereocenters. The number of anilines is 3. The molecular weight excluding hydrogens is 358 g/mol. The summed E-state index contributed by atoms with van der Waals surface area (Å²) in [6.07, 6.45) is 0.116. The monoisotopic (exact) mass is 381 g/mol. The van der Waals surface area contributed by atoms with E-state index >= 15 is 0 Å². The van der Waals surface area contributed by atoms with E-state index in [-0.39, 0.29) is 30.7 Å². The summed E-state index contributed by atoms with van der Waals surface area (Å²) >= 11 is 0. The van der Waals surface area contributed by atoms with E-state index in [2.05, 4.69) is 10.6 Å². The second-order valence-corrected chi connectivity index (χ2v) is 6.80. The van der Waals surface area contributed by atoms with Crippen LogP contribution in [0.1, 0.15) is 18.9 Å². The number of carbonyl (C=O) groups is 3. The standard InChI is InChI=1S/C21H23N3O4/c1-13-8-9-16(22-14(2)25)17(10-13)23-21(27)15-11-20(26)24(12-15)18-6-4-5-7-19(18)28-3/h4-10,15H,11-12H2,1-3H3,(H,22,25)(H,23,27). The van der Waals surface area contributed by atoms with E-state index in [0.29, 0.717) is 22.8 Å². The van der Waals surface area contributed by atoms with E-state index in [4.69, 9.17) is 4.74 Å². The minimum Gasteiger partial charge on any atom is -0.495 e. The normalized spacial score (nSPS) is 16.0. The van der Waals surface area contributed by atoms with E-state index in [1.807, 2.05) is 25.1 Å². The van der Waals surface area contributed by atoms with Crippen molar-refractivity contribution in [1.82, 2.24) is 0 Å². The molecule has 0 aliphatic carbocycles. The predicted molar refractivity (Wildman–Crippen MR) is 108 cm³/mol. The van der Waals surface area contributed by atoms with Crippen molar-refractivity contribution in [1.29, 1.82) is 0 Å². The smallest absolute Gasteiger partial charge is 0.229 e. The topological polar surface area (TPSA) is 87.7 Å². The number of hydrogen-bond donors (Lipinski definition) is 2. The van der Waals surface area contributed by atoms with Crippen LogP contribution < -0.4 is 20.3 Å². The summed E-state index contributed by atoms with van der Waals surface area (Å²) in [4.78, 5) is 38.3. The molecule has 3 amide bonds. The van der Waals surface area contributed by atoms with Crippen LogP contribution in [0.3, 0.4) is 0 Å². The summed E-state index contributed by atoms with van der Waals surface area (Å²) in [7, 11) is 1.55. The Balaban J connectivity index is 1.77. The van der Waals surface area contributed by atoms with Gasteiger partial charge in [0.2, 0.25) is 17.7 Å². The van der Waals surface area contributed by atoms with Gasteiger partial charge in [-0.2, -0.15) is 0 Å². The van der Waals surface area contributed by atoms with Crippen LogP contribution in [0.2, 0.25) is 0 Å². The molecule has 3 rings (SSSR count). The largest absolute Gasteiger partial charge is 0.495 e. The van der Waals surface area contributed by atoms with Crippen LogP contribution in [0, 0.1) is 12.8 Å². The van der Waals surface area contributed by atoms with Crippen LogP contribution in [0.5, 0.6) is 5.75 Å². The number of nitrogens with one attached hydrogen (secondary N) is 2. The van der Waals surface area contributed by atoms with Crippen LogP contribution in [-0.4, -0.2) is 31.4 Å². The fraction of sp³-hybridized carbons (Fsp3) is 0.286. The predicted octanol–water partition coefficient (Wildman–Crippen LogP) is 2.95. The van der Waals surface area contributed by atoms with Crippen molar-refractivity contribution in [2.24, 2.45) is 5.92 Å². The number of ether oxygens (including phenoxy) is 1. The number of para-hydroxylation sites is 2. The van der Waals surface area contributed by atoms with Crippen LogP contribution in [0.15, 0.2) is 42.5 Å². The Bertz CT molecular complexity index is 926. The van der Waals surface area contributed by atoms with E-state index < -0.39 is 5.92 Å². The third kappa shape index (κ3) is 4.14. The second kappa shape index (κ2) is 8.12. The first kappa shape index (κ1) is 19.4. The number of benzene rings is 2. The Morgan fingerprint density at radius 1 is 1.11 bits per heavy atom. The Morgan fingerprint density at radius 3 is 2.57 bits per heavy atom. The fourth-order valence-electron chi connectivity index (χ4n) is 3.26. The molecule has 0 spiro atoms. The first-order valence-electron chi connectivity index (χ1n) is 9.01. The molecule has 1 saturated heterocycles. The van der Waals surface area contributed by atoms with Crippen LogP contribution in [-0.2, 0) is 14.4 Å². The van der Waals surface area contributed by atoms with Crippen LogP contribution in [0.25, 0.3) is 0 Å². The summed E-state index contributed by atoms with van der Waals surface area (Å²) in [6, 6.07) is 12.6. The Kier molecular flexibility index (Phi) is 5.63. The van der Waals surface area contributed by atoms with Crippen molar-refractivity contribution in [2.75, 3.05) is 29.2 Å². The van der Waals surface area contributed by atoms with Gasteiger partial charge in [0.1, 0.15) is 5.75 Å². The molecule has 1 atom stereocenters. The van der Waals surface area contributed by atoms with Gasteiger partial charge in [-0.15, -0.1) is 0 Å². The van der Waals surface area contributed by atoms with E-state index in [0.717, 1.165) is 5.56 Å². The Hall–Kier alpha value is -3.35. The Morgan fingerprint density at radius 2 is 1.86 bits per heavy atom. The lowest BCUT2D eigenvalue weighted by molar-refractivity contribution is -0.122. The molecule has 146 valence electrons. The van der Waals surface area contributed by atoms with Gasteiger partial charge in [0.15, 0.2) is 0 Å². The number of amides is 3. The van der Waals surface area contributed by atoms with Gasteiger partial charge in [-0.3, -0.25) is 14.4 Å². The van der Waals surface area contributed by atoms with Crippen molar-refractivity contribution in [3.05, 3.63) is 48.0 Å². The molecule has 1 heterocycles. The van der Waals surface area contributed by atoms with Crippen molar-refractivity contribution < 1.29 is 19.1 Å². The first-order valence-corrected chi connectivity index (χ1v) is 9.01. The van der Waals surface area contributed by atoms with Crippen molar-refractivity contribution >= 4 is 34.8 Å². The molecule has 0 radical (unpaired) electrons.